The summed E-state index contributed by atoms with van der Waals surface area (Å²) in [6.45, 7) is 13.2. The van der Waals surface area contributed by atoms with E-state index in [0.29, 0.717) is 0 Å². The van der Waals surface area contributed by atoms with Crippen LogP contribution in [-0.2, 0) is 11.8 Å². The molecule has 0 bridgehead atoms. The van der Waals surface area contributed by atoms with Crippen LogP contribution in [0.1, 0.15) is 52.9 Å². The van der Waals surface area contributed by atoms with Crippen LogP contribution in [0.25, 0.3) is 11.0 Å². The summed E-state index contributed by atoms with van der Waals surface area (Å²) in [6.07, 6.45) is 0.977. The summed E-state index contributed by atoms with van der Waals surface area (Å²) in [4.78, 5) is 9.45. The van der Waals surface area contributed by atoms with E-state index < -0.39 is 0 Å². The maximum absolute atomic E-state index is 4.73. The SMILES string of the molecule is CC(C)(C)Cc1ccc2ccc(C(C)(C)C)nc2n1. The van der Waals surface area contributed by atoms with Crippen molar-refractivity contribution in [2.45, 2.75) is 53.4 Å². The van der Waals surface area contributed by atoms with E-state index in [2.05, 4.69) is 65.8 Å². The van der Waals surface area contributed by atoms with Crippen LogP contribution in [0.2, 0.25) is 0 Å². The zero-order chi connectivity index (χ0) is 14.3. The fourth-order valence-corrected chi connectivity index (χ4v) is 2.10. The molecular formula is C17H24N2. The van der Waals surface area contributed by atoms with Crippen molar-refractivity contribution >= 4 is 11.0 Å². The maximum Gasteiger partial charge on any atom is 0.159 e. The van der Waals surface area contributed by atoms with Gasteiger partial charge in [0, 0.05) is 22.2 Å². The Labute approximate surface area is 116 Å². The molecule has 0 aliphatic heterocycles. The fourth-order valence-electron chi connectivity index (χ4n) is 2.10. The third-order valence-corrected chi connectivity index (χ3v) is 3.09. The number of rotatable bonds is 1. The van der Waals surface area contributed by atoms with Crippen molar-refractivity contribution in [3.8, 4) is 0 Å². The van der Waals surface area contributed by atoms with Crippen LogP contribution in [0, 0.1) is 5.41 Å². The van der Waals surface area contributed by atoms with E-state index in [1.807, 2.05) is 0 Å². The molecule has 0 fully saturated rings. The summed E-state index contributed by atoms with van der Waals surface area (Å²) in [5.74, 6) is 0. The normalized spacial score (nSPS) is 12.9. The molecule has 0 amide bonds. The molecule has 0 aliphatic rings. The quantitative estimate of drug-likeness (QED) is 0.750. The lowest BCUT2D eigenvalue weighted by molar-refractivity contribution is 0.407. The molecule has 2 nitrogen and oxygen atoms in total. The average Bonchev–Trinajstić information content (AvgIpc) is 2.24. The standard InChI is InChI=1S/C17H24N2/c1-16(2,3)11-13-9-7-12-8-10-14(17(4,5)6)19-15(12)18-13/h7-10H,11H2,1-6H3. The lowest BCUT2D eigenvalue weighted by Gasteiger charge is -2.19. The summed E-state index contributed by atoms with van der Waals surface area (Å²) >= 11 is 0. The number of fused-ring (bicyclic) bond motifs is 1. The van der Waals surface area contributed by atoms with Gasteiger partial charge >= 0.3 is 0 Å². The summed E-state index contributed by atoms with van der Waals surface area (Å²) in [7, 11) is 0. The Hall–Kier alpha value is -1.44. The first-order valence-corrected chi connectivity index (χ1v) is 6.92. The van der Waals surface area contributed by atoms with Crippen molar-refractivity contribution in [3.05, 3.63) is 35.7 Å². The largest absolute Gasteiger partial charge is 0.233 e. The minimum absolute atomic E-state index is 0.0654. The fraction of sp³-hybridized carbons (Fsp3) is 0.529. The van der Waals surface area contributed by atoms with E-state index in [1.165, 1.54) is 0 Å². The second kappa shape index (κ2) is 4.59. The van der Waals surface area contributed by atoms with Crippen LogP contribution in [0.15, 0.2) is 24.3 Å². The van der Waals surface area contributed by atoms with Crippen LogP contribution in [-0.4, -0.2) is 9.97 Å². The van der Waals surface area contributed by atoms with Gasteiger partial charge in [-0.05, 0) is 36.1 Å². The average molecular weight is 256 g/mol. The molecule has 19 heavy (non-hydrogen) atoms. The molecule has 0 unspecified atom stereocenters. The number of hydrogen-bond acceptors (Lipinski definition) is 2. The Balaban J connectivity index is 2.46. The van der Waals surface area contributed by atoms with Gasteiger partial charge in [0.15, 0.2) is 5.65 Å². The van der Waals surface area contributed by atoms with Crippen LogP contribution >= 0.6 is 0 Å². The number of hydrogen-bond donors (Lipinski definition) is 0. The highest BCUT2D eigenvalue weighted by atomic mass is 14.9. The van der Waals surface area contributed by atoms with Gasteiger partial charge in [0.25, 0.3) is 0 Å². The van der Waals surface area contributed by atoms with Gasteiger partial charge in [0.1, 0.15) is 0 Å². The number of pyridine rings is 2. The van der Waals surface area contributed by atoms with E-state index >= 15 is 0 Å². The Bertz CT molecular complexity index is 586. The maximum atomic E-state index is 4.73. The predicted octanol–water partition coefficient (Wildman–Crippen LogP) is 4.52. The van der Waals surface area contributed by atoms with Gasteiger partial charge in [-0.15, -0.1) is 0 Å². The van der Waals surface area contributed by atoms with Gasteiger partial charge < -0.3 is 0 Å². The molecule has 2 heterocycles. The summed E-state index contributed by atoms with van der Waals surface area (Å²) < 4.78 is 0. The van der Waals surface area contributed by atoms with Crippen molar-refractivity contribution < 1.29 is 0 Å². The molecule has 0 atom stereocenters. The monoisotopic (exact) mass is 256 g/mol. The molecule has 0 radical (unpaired) electrons. The second-order valence-corrected chi connectivity index (χ2v) is 7.53. The predicted molar refractivity (Wildman–Crippen MR) is 81.4 cm³/mol. The molecule has 2 heteroatoms. The van der Waals surface area contributed by atoms with Gasteiger partial charge in [0.2, 0.25) is 0 Å². The molecule has 102 valence electrons. The van der Waals surface area contributed by atoms with Gasteiger partial charge in [-0.3, -0.25) is 0 Å². The van der Waals surface area contributed by atoms with Gasteiger partial charge in [-0.25, -0.2) is 9.97 Å². The lowest BCUT2D eigenvalue weighted by atomic mass is 9.90. The first kappa shape index (κ1) is 14.0. The second-order valence-electron chi connectivity index (χ2n) is 7.53. The van der Waals surface area contributed by atoms with Crippen molar-refractivity contribution in [3.63, 3.8) is 0 Å². The molecule has 2 aromatic heterocycles. The number of nitrogens with zero attached hydrogens (tertiary/aromatic N) is 2. The van der Waals surface area contributed by atoms with Crippen molar-refractivity contribution in [1.82, 2.24) is 9.97 Å². The molecule has 0 saturated heterocycles. The van der Waals surface area contributed by atoms with Crippen LogP contribution < -0.4 is 0 Å². The van der Waals surface area contributed by atoms with Crippen molar-refractivity contribution in [1.29, 1.82) is 0 Å². The van der Waals surface area contributed by atoms with Crippen LogP contribution in [0.3, 0.4) is 0 Å². The molecule has 2 aromatic rings. The molecular weight excluding hydrogens is 232 g/mol. The lowest BCUT2D eigenvalue weighted by Crippen LogP contribution is -2.14. The van der Waals surface area contributed by atoms with Gasteiger partial charge in [-0.2, -0.15) is 0 Å². The third-order valence-electron chi connectivity index (χ3n) is 3.09. The minimum Gasteiger partial charge on any atom is -0.233 e. The van der Waals surface area contributed by atoms with Crippen molar-refractivity contribution in [2.75, 3.05) is 0 Å². The highest BCUT2D eigenvalue weighted by Gasteiger charge is 2.17. The Morgan fingerprint density at radius 1 is 0.842 bits per heavy atom. The third kappa shape index (κ3) is 3.52. The molecule has 2 rings (SSSR count). The van der Waals surface area contributed by atoms with E-state index in [1.54, 1.807) is 0 Å². The zero-order valence-corrected chi connectivity index (χ0v) is 12.9. The van der Waals surface area contributed by atoms with E-state index in [-0.39, 0.29) is 10.8 Å². The van der Waals surface area contributed by atoms with Crippen molar-refractivity contribution in [2.24, 2.45) is 5.41 Å². The Kier molecular flexibility index (Phi) is 3.38. The first-order valence-electron chi connectivity index (χ1n) is 6.92. The zero-order valence-electron chi connectivity index (χ0n) is 12.9. The van der Waals surface area contributed by atoms with Crippen LogP contribution in [0.4, 0.5) is 0 Å². The van der Waals surface area contributed by atoms with Gasteiger partial charge in [-0.1, -0.05) is 41.5 Å². The topological polar surface area (TPSA) is 25.8 Å². The van der Waals surface area contributed by atoms with E-state index in [9.17, 15) is 0 Å². The molecule has 0 aliphatic carbocycles. The molecule has 0 spiro atoms. The first-order chi connectivity index (χ1) is 8.65. The van der Waals surface area contributed by atoms with Gasteiger partial charge in [0.05, 0.1) is 0 Å². The highest BCUT2D eigenvalue weighted by molar-refractivity contribution is 5.74. The van der Waals surface area contributed by atoms with Crippen LogP contribution in [0.5, 0.6) is 0 Å². The Morgan fingerprint density at radius 2 is 1.47 bits per heavy atom. The highest BCUT2D eigenvalue weighted by Crippen LogP contribution is 2.24. The minimum atomic E-state index is 0.0654. The smallest absolute Gasteiger partial charge is 0.159 e. The van der Waals surface area contributed by atoms with E-state index in [4.69, 9.17) is 9.97 Å². The molecule has 0 saturated carbocycles. The number of aromatic nitrogens is 2. The van der Waals surface area contributed by atoms with E-state index in [0.717, 1.165) is 28.8 Å². The summed E-state index contributed by atoms with van der Waals surface area (Å²) in [5, 5.41) is 1.12. The Morgan fingerprint density at radius 3 is 2.05 bits per heavy atom. The summed E-state index contributed by atoms with van der Waals surface area (Å²) in [5.41, 5.74) is 3.41. The summed E-state index contributed by atoms with van der Waals surface area (Å²) in [6, 6.07) is 8.47. The molecule has 0 aromatic carbocycles. The molecule has 0 N–H and O–H groups in total.